The molecule has 0 saturated carbocycles. The van der Waals surface area contributed by atoms with Gasteiger partial charge in [0.05, 0.1) is 18.7 Å². The second kappa shape index (κ2) is 26.9. The molecular weight excluding hydrogens is 1080 g/mol. The Labute approximate surface area is 512 Å². The lowest BCUT2D eigenvalue weighted by atomic mass is 9.87. The molecule has 0 spiro atoms. The molecule has 2 N–H and O–H groups in total. The maximum absolute atomic E-state index is 8.64. The average Bonchev–Trinajstić information content (AvgIpc) is 2.11. The van der Waals surface area contributed by atoms with Crippen molar-refractivity contribution in [3.63, 3.8) is 0 Å². The minimum atomic E-state index is 0.0188. The third-order valence-electron chi connectivity index (χ3n) is 15.2. The second-order valence-corrected chi connectivity index (χ2v) is 25.1. The Hall–Kier alpha value is -9.45. The zero-order valence-corrected chi connectivity index (χ0v) is 51.5. The van der Waals surface area contributed by atoms with E-state index in [1.807, 2.05) is 121 Å². The molecule has 0 atom stereocenters. The smallest absolute Gasteiger partial charge is 0.241 e. The van der Waals surface area contributed by atoms with Crippen LogP contribution >= 0.6 is 0 Å². The maximum atomic E-state index is 8.64. The number of benzene rings is 9. The zero-order chi connectivity index (χ0) is 61.1. The first kappa shape index (κ1) is 60.7. The van der Waals surface area contributed by atoms with E-state index in [4.69, 9.17) is 38.6 Å². The Balaban J connectivity index is 0.905. The molecule has 0 aliphatic rings. The van der Waals surface area contributed by atoms with Crippen LogP contribution in [-0.2, 0) is 76.7 Å². The first-order chi connectivity index (χ1) is 41.8. The van der Waals surface area contributed by atoms with E-state index in [-0.39, 0.29) is 48.6 Å². The van der Waals surface area contributed by atoms with Crippen LogP contribution in [0.15, 0.2) is 210 Å². The van der Waals surface area contributed by atoms with E-state index in [1.54, 1.807) is 0 Å². The number of rotatable bonds is 22. The SMILES string of the molecule is C=N/N=C(\OCc1ccc(C(C)(C)C)cc1)c1ccc(COc2cc(COc3ccc4c(c3)[nH]c3ccccc34)cc(OCc3ccc(COC(=N)c4ccc(C(C)(C)C)cc4)cc3)c2Oc2ccc(COCc3ccc(C(C)(C)C)cc3)cc2)cc1. The molecule has 0 bridgehead atoms. The number of fused-ring (bicyclic) bond motifs is 3. The number of nitrogens with zero attached hydrogens (tertiary/aromatic N) is 2. The normalized spacial score (nSPS) is 12.0. The molecule has 0 fully saturated rings. The predicted molar refractivity (Wildman–Crippen MR) is 351 cm³/mol. The van der Waals surface area contributed by atoms with Crippen molar-refractivity contribution < 1.29 is 33.2 Å². The summed E-state index contributed by atoms with van der Waals surface area (Å²) in [5.74, 6) is 3.07. The van der Waals surface area contributed by atoms with Crippen LogP contribution in [0.1, 0.15) is 129 Å². The molecule has 10 rings (SSSR count). The minimum absolute atomic E-state index is 0.0188. The van der Waals surface area contributed by atoms with Gasteiger partial charge in [0.2, 0.25) is 17.5 Å². The second-order valence-electron chi connectivity index (χ2n) is 25.1. The van der Waals surface area contributed by atoms with E-state index in [9.17, 15) is 0 Å². The fraction of sp³-hybridized carbons (Fsp3) is 0.250. The highest BCUT2D eigenvalue weighted by molar-refractivity contribution is 6.07. The number of H-pyrrole nitrogens is 1. The lowest BCUT2D eigenvalue weighted by Gasteiger charge is -2.20. The molecule has 0 unspecified atom stereocenters. The Morgan fingerprint density at radius 1 is 0.414 bits per heavy atom. The number of para-hydroxylation sites is 1. The van der Waals surface area contributed by atoms with Crippen molar-refractivity contribution in [2.45, 2.75) is 125 Å². The Morgan fingerprint density at radius 3 is 1.38 bits per heavy atom. The van der Waals surface area contributed by atoms with Gasteiger partial charge >= 0.3 is 0 Å². The van der Waals surface area contributed by atoms with Gasteiger partial charge in [-0.3, -0.25) is 5.41 Å². The van der Waals surface area contributed by atoms with Crippen molar-refractivity contribution in [2.75, 3.05) is 0 Å². The van der Waals surface area contributed by atoms with Crippen LogP contribution in [0.3, 0.4) is 0 Å². The predicted octanol–water partition coefficient (Wildman–Crippen LogP) is 18.6. The van der Waals surface area contributed by atoms with E-state index >= 15 is 0 Å². The van der Waals surface area contributed by atoms with Gasteiger partial charge in [0, 0.05) is 40.2 Å². The summed E-state index contributed by atoms with van der Waals surface area (Å²) in [6.45, 7) is 25.5. The van der Waals surface area contributed by atoms with Crippen LogP contribution < -0.4 is 18.9 Å². The molecule has 11 heteroatoms. The third-order valence-corrected chi connectivity index (χ3v) is 15.2. The van der Waals surface area contributed by atoms with Gasteiger partial charge in [-0.2, -0.15) is 5.10 Å². The van der Waals surface area contributed by atoms with Crippen molar-refractivity contribution >= 4 is 40.3 Å². The molecule has 11 nitrogen and oxygen atoms in total. The van der Waals surface area contributed by atoms with Gasteiger partial charge in [-0.25, -0.2) is 0 Å². The number of nitrogens with one attached hydrogen (secondary N) is 2. The molecule has 0 aliphatic heterocycles. The highest BCUT2D eigenvalue weighted by Gasteiger charge is 2.21. The van der Waals surface area contributed by atoms with E-state index < -0.39 is 0 Å². The van der Waals surface area contributed by atoms with E-state index in [0.29, 0.717) is 54.5 Å². The van der Waals surface area contributed by atoms with Gasteiger partial charge < -0.3 is 38.1 Å². The standard InChI is InChI=1S/C76H78N4O7/c1-74(2,3)60-31-21-51(22-32-60)44-81-45-52-25-37-63(38-26-52)87-71-69(83-46-53-15-17-54(18-16-53)48-85-72(77)58-29-35-62(36-30-58)76(7,8)9)41-57(50-82-64-39-40-66-65-13-11-12-14-67(65)79-68(66)43-64)42-70(71)84-47-55-19-27-59(28-20-55)73(80-78-10)86-49-56-23-33-61(34-24-56)75(4,5)6/h11-43,77,79H,10,44-50H2,1-9H3/b77-72?,80-73-. The first-order valence-corrected chi connectivity index (χ1v) is 29.6. The molecule has 444 valence electrons. The quantitative estimate of drug-likeness (QED) is 0.0393. The Bertz CT molecular complexity index is 3980. The number of hydrogen-bond donors (Lipinski definition) is 2. The van der Waals surface area contributed by atoms with Gasteiger partial charge in [-0.05, 0) is 139 Å². The summed E-state index contributed by atoms with van der Waals surface area (Å²) in [4.78, 5) is 3.54. The highest BCUT2D eigenvalue weighted by atomic mass is 16.5. The molecule has 0 saturated heterocycles. The first-order valence-electron chi connectivity index (χ1n) is 29.6. The topological polar surface area (TPSA) is 129 Å². The number of ether oxygens (including phenoxy) is 7. The fourth-order valence-corrected chi connectivity index (χ4v) is 9.92. The molecule has 87 heavy (non-hydrogen) atoms. The van der Waals surface area contributed by atoms with Gasteiger partial charge in [0.25, 0.3) is 0 Å². The van der Waals surface area contributed by atoms with Crippen LogP contribution in [0.25, 0.3) is 21.8 Å². The monoisotopic (exact) mass is 1160 g/mol. The van der Waals surface area contributed by atoms with Crippen LogP contribution in [0.2, 0.25) is 0 Å². The molecule has 0 aliphatic carbocycles. The maximum Gasteiger partial charge on any atom is 0.241 e. The average molecular weight is 1160 g/mol. The van der Waals surface area contributed by atoms with Crippen molar-refractivity contribution in [1.82, 2.24) is 4.98 Å². The fourth-order valence-electron chi connectivity index (χ4n) is 9.92. The van der Waals surface area contributed by atoms with Gasteiger partial charge in [0.1, 0.15) is 44.5 Å². The summed E-state index contributed by atoms with van der Waals surface area (Å²) in [6.07, 6.45) is 0. The molecular formula is C76H78N4O7. The number of aromatic nitrogens is 1. The highest BCUT2D eigenvalue weighted by Crippen LogP contribution is 2.43. The van der Waals surface area contributed by atoms with Gasteiger partial charge in [-0.1, -0.05) is 190 Å². The Kier molecular flexibility index (Phi) is 18.7. The molecule has 10 aromatic rings. The van der Waals surface area contributed by atoms with E-state index in [0.717, 1.165) is 71.9 Å². The van der Waals surface area contributed by atoms with Crippen molar-refractivity contribution in [3.8, 4) is 28.7 Å². The molecule has 1 heterocycles. The van der Waals surface area contributed by atoms with Crippen molar-refractivity contribution in [1.29, 1.82) is 5.41 Å². The van der Waals surface area contributed by atoms with E-state index in [2.05, 4.69) is 163 Å². The molecule has 0 radical (unpaired) electrons. The van der Waals surface area contributed by atoms with Crippen LogP contribution in [0.5, 0.6) is 28.7 Å². The van der Waals surface area contributed by atoms with Gasteiger partial charge in [-0.15, -0.1) is 5.10 Å². The molecule has 0 amide bonds. The summed E-state index contributed by atoms with van der Waals surface area (Å²) in [5.41, 5.74) is 14.1. The number of aromatic amines is 1. The Morgan fingerprint density at radius 2 is 0.839 bits per heavy atom. The lowest BCUT2D eigenvalue weighted by Crippen LogP contribution is -2.12. The third kappa shape index (κ3) is 16.1. The summed E-state index contributed by atoms with van der Waals surface area (Å²) < 4.78 is 45.4. The van der Waals surface area contributed by atoms with Crippen LogP contribution in [0, 0.1) is 5.41 Å². The molecule has 1 aromatic heterocycles. The number of hydrogen-bond acceptors (Lipinski definition) is 10. The van der Waals surface area contributed by atoms with Crippen molar-refractivity contribution in [2.24, 2.45) is 10.2 Å². The largest absolute Gasteiger partial charge is 0.489 e. The lowest BCUT2D eigenvalue weighted by molar-refractivity contribution is 0.107. The zero-order valence-electron chi connectivity index (χ0n) is 51.5. The molecule has 9 aromatic carbocycles. The summed E-state index contributed by atoms with van der Waals surface area (Å²) in [6, 6.07) is 67.1. The summed E-state index contributed by atoms with van der Waals surface area (Å²) in [7, 11) is 0. The summed E-state index contributed by atoms with van der Waals surface area (Å²) >= 11 is 0. The van der Waals surface area contributed by atoms with Crippen LogP contribution in [-0.4, -0.2) is 23.5 Å². The summed E-state index contributed by atoms with van der Waals surface area (Å²) in [5, 5.41) is 19.0. The van der Waals surface area contributed by atoms with E-state index in [1.165, 1.54) is 16.7 Å². The van der Waals surface area contributed by atoms with Crippen molar-refractivity contribution in [3.05, 3.63) is 267 Å². The minimum Gasteiger partial charge on any atom is -0.489 e. The van der Waals surface area contributed by atoms with Gasteiger partial charge in [0.15, 0.2) is 11.5 Å². The van der Waals surface area contributed by atoms with Crippen LogP contribution in [0.4, 0.5) is 0 Å².